The van der Waals surface area contributed by atoms with Gasteiger partial charge in [-0.15, -0.1) is 0 Å². The van der Waals surface area contributed by atoms with Gasteiger partial charge in [0.15, 0.2) is 0 Å². The Balaban J connectivity index is 2.10. The van der Waals surface area contributed by atoms with Crippen LogP contribution < -0.4 is 5.32 Å². The monoisotopic (exact) mass is 369 g/mol. The van der Waals surface area contributed by atoms with Crippen molar-refractivity contribution in [2.24, 2.45) is 0 Å². The molecule has 0 saturated carbocycles. The predicted octanol–water partition coefficient (Wildman–Crippen LogP) is 3.58. The molecule has 1 aromatic carbocycles. The summed E-state index contributed by atoms with van der Waals surface area (Å²) < 4.78 is 2.43. The van der Waals surface area contributed by atoms with Crippen molar-refractivity contribution >= 4 is 56.0 Å². The van der Waals surface area contributed by atoms with Crippen LogP contribution in [0.2, 0.25) is 0 Å². The number of rotatable bonds is 2. The molecular formula is C9H9BrINS. The number of nitrogens with one attached hydrogen (secondary N) is 1. The molecule has 0 aliphatic carbocycles. The number of halogens is 2. The molecule has 4 heteroatoms. The maximum Gasteiger partial charge on any atom is 0.0488 e. The van der Waals surface area contributed by atoms with E-state index < -0.39 is 0 Å². The van der Waals surface area contributed by atoms with E-state index in [0.29, 0.717) is 6.04 Å². The van der Waals surface area contributed by atoms with Crippen LogP contribution in [-0.4, -0.2) is 17.5 Å². The molecule has 1 N–H and O–H groups in total. The summed E-state index contributed by atoms with van der Waals surface area (Å²) >= 11 is 7.87. The van der Waals surface area contributed by atoms with Gasteiger partial charge in [0, 0.05) is 31.3 Å². The third kappa shape index (κ3) is 2.53. The smallest absolute Gasteiger partial charge is 0.0488 e. The number of benzene rings is 1. The summed E-state index contributed by atoms with van der Waals surface area (Å²) in [6, 6.07) is 7.06. The Hall–Kier alpha value is 0.580. The Labute approximate surface area is 104 Å². The molecule has 1 saturated heterocycles. The molecular weight excluding hydrogens is 361 g/mol. The van der Waals surface area contributed by atoms with Crippen molar-refractivity contribution in [3.8, 4) is 0 Å². The molecule has 2 rings (SSSR count). The topological polar surface area (TPSA) is 12.0 Å². The van der Waals surface area contributed by atoms with Crippen molar-refractivity contribution in [2.45, 2.75) is 6.04 Å². The zero-order valence-corrected chi connectivity index (χ0v) is 11.4. The van der Waals surface area contributed by atoms with Gasteiger partial charge in [-0.25, -0.2) is 0 Å². The number of hydrogen-bond donors (Lipinski definition) is 1. The molecule has 1 aliphatic rings. The van der Waals surface area contributed by atoms with E-state index in [1.54, 1.807) is 0 Å². The van der Waals surface area contributed by atoms with Gasteiger partial charge < -0.3 is 5.32 Å². The normalized spacial score (nSPS) is 16.8. The Bertz CT molecular complexity index is 314. The highest BCUT2D eigenvalue weighted by Gasteiger charge is 2.18. The van der Waals surface area contributed by atoms with Gasteiger partial charge in [-0.2, -0.15) is 11.8 Å². The van der Waals surface area contributed by atoms with Crippen molar-refractivity contribution < 1.29 is 0 Å². The summed E-state index contributed by atoms with van der Waals surface area (Å²) in [5, 5.41) is 3.50. The second-order valence-electron chi connectivity index (χ2n) is 3.00. The minimum absolute atomic E-state index is 0.668. The maximum absolute atomic E-state index is 3.55. The molecule has 1 nitrogen and oxygen atoms in total. The minimum Gasteiger partial charge on any atom is -0.380 e. The van der Waals surface area contributed by atoms with E-state index in [2.05, 4.69) is 62.0 Å². The Morgan fingerprint density at radius 2 is 2.23 bits per heavy atom. The first-order valence-corrected chi connectivity index (χ1v) is 7.07. The zero-order chi connectivity index (χ0) is 9.26. The summed E-state index contributed by atoms with van der Waals surface area (Å²) in [4.78, 5) is 0. The van der Waals surface area contributed by atoms with Gasteiger partial charge in [-0.1, -0.05) is 0 Å². The molecule has 1 aliphatic heterocycles. The van der Waals surface area contributed by atoms with Crippen molar-refractivity contribution in [3.05, 3.63) is 26.2 Å². The lowest BCUT2D eigenvalue weighted by molar-refractivity contribution is 0.881. The molecule has 0 amide bonds. The van der Waals surface area contributed by atoms with Crippen LogP contribution in [0.25, 0.3) is 0 Å². The number of anilines is 1. The first kappa shape index (κ1) is 10.1. The summed E-state index contributed by atoms with van der Waals surface area (Å²) in [5.41, 5.74) is 1.21. The van der Waals surface area contributed by atoms with Crippen molar-refractivity contribution in [2.75, 3.05) is 16.8 Å². The van der Waals surface area contributed by atoms with Crippen LogP contribution in [-0.2, 0) is 0 Å². The molecule has 0 atom stereocenters. The Morgan fingerprint density at radius 1 is 1.46 bits per heavy atom. The zero-order valence-electron chi connectivity index (χ0n) is 6.89. The Morgan fingerprint density at radius 3 is 2.77 bits per heavy atom. The first-order valence-electron chi connectivity index (χ1n) is 4.05. The average Bonchev–Trinajstić information content (AvgIpc) is 1.99. The van der Waals surface area contributed by atoms with Crippen LogP contribution in [0.4, 0.5) is 5.69 Å². The maximum atomic E-state index is 3.55. The van der Waals surface area contributed by atoms with Crippen molar-refractivity contribution in [1.82, 2.24) is 0 Å². The second-order valence-corrected chi connectivity index (χ2v) is 6.18. The number of thioether (sulfide) groups is 1. The van der Waals surface area contributed by atoms with E-state index in [1.165, 1.54) is 20.8 Å². The van der Waals surface area contributed by atoms with E-state index in [1.807, 2.05) is 11.8 Å². The van der Waals surface area contributed by atoms with Gasteiger partial charge in [0.2, 0.25) is 0 Å². The lowest BCUT2D eigenvalue weighted by Gasteiger charge is -2.27. The summed E-state index contributed by atoms with van der Waals surface area (Å²) in [6.07, 6.45) is 0. The van der Waals surface area contributed by atoms with Gasteiger partial charge >= 0.3 is 0 Å². The first-order chi connectivity index (χ1) is 6.25. The fraction of sp³-hybridized carbons (Fsp3) is 0.333. The van der Waals surface area contributed by atoms with Gasteiger partial charge in [-0.3, -0.25) is 0 Å². The lowest BCUT2D eigenvalue weighted by atomic mass is 10.3. The standard InChI is InChI=1S/C9H9BrINS/c10-8-3-6(11)1-2-9(8)12-7-4-13-5-7/h1-3,7,12H,4-5H2. The SMILES string of the molecule is Brc1cc(I)ccc1NC1CSC1. The fourth-order valence-electron chi connectivity index (χ4n) is 1.15. The van der Waals surface area contributed by atoms with Gasteiger partial charge in [0.1, 0.15) is 0 Å². The van der Waals surface area contributed by atoms with Crippen LogP contribution in [0.1, 0.15) is 0 Å². The molecule has 0 spiro atoms. The molecule has 0 aromatic heterocycles. The largest absolute Gasteiger partial charge is 0.380 e. The molecule has 1 heterocycles. The number of hydrogen-bond acceptors (Lipinski definition) is 2. The van der Waals surface area contributed by atoms with Gasteiger partial charge in [0.25, 0.3) is 0 Å². The van der Waals surface area contributed by atoms with Crippen LogP contribution in [0.3, 0.4) is 0 Å². The fourth-order valence-corrected chi connectivity index (χ4v) is 3.20. The van der Waals surface area contributed by atoms with Crippen LogP contribution in [0.5, 0.6) is 0 Å². The highest BCUT2D eigenvalue weighted by molar-refractivity contribution is 14.1. The second kappa shape index (κ2) is 4.40. The molecule has 1 fully saturated rings. The highest BCUT2D eigenvalue weighted by atomic mass is 127. The molecule has 1 aromatic rings. The predicted molar refractivity (Wildman–Crippen MR) is 71.6 cm³/mol. The van der Waals surface area contributed by atoms with Crippen LogP contribution >= 0.6 is 50.3 Å². The van der Waals surface area contributed by atoms with Crippen molar-refractivity contribution in [3.63, 3.8) is 0 Å². The molecule has 70 valence electrons. The molecule has 13 heavy (non-hydrogen) atoms. The quantitative estimate of drug-likeness (QED) is 0.799. The average molecular weight is 370 g/mol. The van der Waals surface area contributed by atoms with E-state index in [4.69, 9.17) is 0 Å². The third-order valence-electron chi connectivity index (χ3n) is 1.93. The van der Waals surface area contributed by atoms with Crippen molar-refractivity contribution in [1.29, 1.82) is 0 Å². The molecule has 0 bridgehead atoms. The summed E-state index contributed by atoms with van der Waals surface area (Å²) in [7, 11) is 0. The molecule has 0 unspecified atom stereocenters. The van der Waals surface area contributed by atoms with E-state index in [0.717, 1.165) is 4.47 Å². The van der Waals surface area contributed by atoms with E-state index in [-0.39, 0.29) is 0 Å². The third-order valence-corrected chi connectivity index (χ3v) is 4.53. The van der Waals surface area contributed by atoms with Gasteiger partial charge in [-0.05, 0) is 56.7 Å². The molecule has 0 radical (unpaired) electrons. The lowest BCUT2D eigenvalue weighted by Crippen LogP contribution is -2.33. The minimum atomic E-state index is 0.668. The van der Waals surface area contributed by atoms with E-state index in [9.17, 15) is 0 Å². The van der Waals surface area contributed by atoms with E-state index >= 15 is 0 Å². The highest BCUT2D eigenvalue weighted by Crippen LogP contribution is 2.28. The summed E-state index contributed by atoms with van der Waals surface area (Å²) in [6.45, 7) is 0. The van der Waals surface area contributed by atoms with Gasteiger partial charge in [0.05, 0.1) is 0 Å². The van der Waals surface area contributed by atoms with Crippen LogP contribution in [0.15, 0.2) is 22.7 Å². The van der Waals surface area contributed by atoms with Crippen LogP contribution in [0, 0.1) is 3.57 Å². The summed E-state index contributed by atoms with van der Waals surface area (Å²) in [5.74, 6) is 2.47. The Kier molecular flexibility index (Phi) is 3.42.